The van der Waals surface area contributed by atoms with Gasteiger partial charge in [0.2, 0.25) is 0 Å². The van der Waals surface area contributed by atoms with Gasteiger partial charge < -0.3 is 14.8 Å². The molecular formula is C17H15Cl2N3O3. The molecule has 6 nitrogen and oxygen atoms in total. The second kappa shape index (κ2) is 7.29. The number of aromatic nitrogens is 1. The molecule has 2 heterocycles. The Morgan fingerprint density at radius 3 is 2.04 bits per heavy atom. The maximum Gasteiger partial charge on any atom is 0.260 e. The van der Waals surface area contributed by atoms with Crippen LogP contribution >= 0.6 is 23.2 Å². The third kappa shape index (κ3) is 3.86. The maximum absolute atomic E-state index is 12.6. The second-order valence-electron chi connectivity index (χ2n) is 5.66. The first-order valence-corrected chi connectivity index (χ1v) is 8.43. The number of nitrogens with one attached hydrogen (secondary N) is 1. The van der Waals surface area contributed by atoms with Gasteiger partial charge in [-0.15, -0.1) is 0 Å². The van der Waals surface area contributed by atoms with Gasteiger partial charge in [-0.25, -0.2) is 0 Å². The van der Waals surface area contributed by atoms with Gasteiger partial charge in [0.1, 0.15) is 5.56 Å². The SMILES string of the molecule is O=C(c1cc(Cl)cc(Cl)c1)N1CCN(C(=O)c2ccc[nH]c2=O)CC1. The third-order valence-electron chi connectivity index (χ3n) is 4.01. The van der Waals surface area contributed by atoms with Crippen LogP contribution in [0.2, 0.25) is 10.0 Å². The molecule has 0 bridgehead atoms. The van der Waals surface area contributed by atoms with Crippen LogP contribution in [0.25, 0.3) is 0 Å². The standard InChI is InChI=1S/C17H15Cl2N3O3/c18-12-8-11(9-13(19)10-12)16(24)21-4-6-22(7-5-21)17(25)14-2-1-3-20-15(14)23/h1-3,8-10H,4-7H2,(H,20,23). The van der Waals surface area contributed by atoms with Gasteiger partial charge >= 0.3 is 0 Å². The number of amides is 2. The van der Waals surface area contributed by atoms with E-state index in [-0.39, 0.29) is 17.4 Å². The molecule has 0 saturated carbocycles. The third-order valence-corrected chi connectivity index (χ3v) is 4.45. The van der Waals surface area contributed by atoms with Gasteiger partial charge in [-0.1, -0.05) is 23.2 Å². The summed E-state index contributed by atoms with van der Waals surface area (Å²) in [6, 6.07) is 7.80. The normalized spacial score (nSPS) is 14.5. The van der Waals surface area contributed by atoms with E-state index in [9.17, 15) is 14.4 Å². The van der Waals surface area contributed by atoms with Crippen LogP contribution in [-0.2, 0) is 0 Å². The lowest BCUT2D eigenvalue weighted by atomic mass is 10.1. The summed E-state index contributed by atoms with van der Waals surface area (Å²) in [4.78, 5) is 42.4. The van der Waals surface area contributed by atoms with Crippen molar-refractivity contribution >= 4 is 35.0 Å². The molecule has 1 aliphatic rings. The molecule has 0 atom stereocenters. The van der Waals surface area contributed by atoms with Crippen LogP contribution in [0.15, 0.2) is 41.3 Å². The predicted molar refractivity (Wildman–Crippen MR) is 95.3 cm³/mol. The summed E-state index contributed by atoms with van der Waals surface area (Å²) in [5.74, 6) is -0.520. The minimum Gasteiger partial charge on any atom is -0.335 e. The molecule has 1 saturated heterocycles. The van der Waals surface area contributed by atoms with Crippen LogP contribution in [0.4, 0.5) is 0 Å². The van der Waals surface area contributed by atoms with Crippen LogP contribution in [0.3, 0.4) is 0 Å². The van der Waals surface area contributed by atoms with Gasteiger partial charge in [0.15, 0.2) is 0 Å². The summed E-state index contributed by atoms with van der Waals surface area (Å²) in [7, 11) is 0. The Morgan fingerprint density at radius 2 is 1.48 bits per heavy atom. The van der Waals surface area contributed by atoms with E-state index in [2.05, 4.69) is 4.98 Å². The number of halogens is 2. The number of carbonyl (C=O) groups excluding carboxylic acids is 2. The molecule has 0 unspecified atom stereocenters. The minimum absolute atomic E-state index is 0.101. The molecule has 0 spiro atoms. The van der Waals surface area contributed by atoms with Crippen LogP contribution in [-0.4, -0.2) is 52.8 Å². The topological polar surface area (TPSA) is 73.5 Å². The number of pyridine rings is 1. The maximum atomic E-state index is 12.6. The number of carbonyl (C=O) groups is 2. The number of aromatic amines is 1. The number of H-pyrrole nitrogens is 1. The van der Waals surface area contributed by atoms with Crippen LogP contribution in [0, 0.1) is 0 Å². The molecule has 1 aliphatic heterocycles. The van der Waals surface area contributed by atoms with Gasteiger partial charge in [0, 0.05) is 48.0 Å². The number of hydrogen-bond donors (Lipinski definition) is 1. The van der Waals surface area contributed by atoms with Crippen molar-refractivity contribution in [3.05, 3.63) is 68.1 Å². The lowest BCUT2D eigenvalue weighted by Gasteiger charge is -2.34. The Labute approximate surface area is 154 Å². The van der Waals surface area contributed by atoms with Gasteiger partial charge in [-0.3, -0.25) is 14.4 Å². The molecule has 0 aliphatic carbocycles. The van der Waals surface area contributed by atoms with Gasteiger partial charge in [0.05, 0.1) is 0 Å². The zero-order valence-electron chi connectivity index (χ0n) is 13.2. The van der Waals surface area contributed by atoms with Gasteiger partial charge in [-0.05, 0) is 30.3 Å². The Kier molecular flexibility index (Phi) is 5.11. The highest BCUT2D eigenvalue weighted by Gasteiger charge is 2.26. The molecule has 25 heavy (non-hydrogen) atoms. The molecule has 1 aromatic heterocycles. The van der Waals surface area contributed by atoms with Crippen molar-refractivity contribution in [2.45, 2.75) is 0 Å². The van der Waals surface area contributed by atoms with Crippen molar-refractivity contribution in [2.75, 3.05) is 26.2 Å². The minimum atomic E-state index is -0.417. The predicted octanol–water partition coefficient (Wildman–Crippen LogP) is 2.28. The monoisotopic (exact) mass is 379 g/mol. The Hall–Kier alpha value is -2.31. The average Bonchev–Trinajstić information content (AvgIpc) is 2.60. The van der Waals surface area contributed by atoms with Crippen molar-refractivity contribution in [1.82, 2.24) is 14.8 Å². The fraction of sp³-hybridized carbons (Fsp3) is 0.235. The summed E-state index contributed by atoms with van der Waals surface area (Å²) in [6.45, 7) is 1.46. The summed E-state index contributed by atoms with van der Waals surface area (Å²) >= 11 is 11.9. The van der Waals surface area contributed by atoms with Crippen LogP contribution < -0.4 is 5.56 Å². The lowest BCUT2D eigenvalue weighted by Crippen LogP contribution is -2.51. The van der Waals surface area contributed by atoms with E-state index in [1.165, 1.54) is 12.3 Å². The number of rotatable bonds is 2. The fourth-order valence-corrected chi connectivity index (χ4v) is 3.26. The summed E-state index contributed by atoms with van der Waals surface area (Å²) < 4.78 is 0. The van der Waals surface area contributed by atoms with Crippen molar-refractivity contribution < 1.29 is 9.59 Å². The highest BCUT2D eigenvalue weighted by Crippen LogP contribution is 2.20. The van der Waals surface area contributed by atoms with Crippen molar-refractivity contribution in [2.24, 2.45) is 0 Å². The smallest absolute Gasteiger partial charge is 0.260 e. The number of hydrogen-bond acceptors (Lipinski definition) is 3. The number of piperazine rings is 1. The summed E-state index contributed by atoms with van der Waals surface area (Å²) in [5, 5.41) is 0.793. The lowest BCUT2D eigenvalue weighted by molar-refractivity contribution is 0.0534. The van der Waals surface area contributed by atoms with Crippen molar-refractivity contribution in [3.8, 4) is 0 Å². The highest BCUT2D eigenvalue weighted by molar-refractivity contribution is 6.35. The Bertz CT molecular complexity index is 853. The Balaban J connectivity index is 1.67. The van der Waals surface area contributed by atoms with E-state index in [1.54, 1.807) is 34.1 Å². The van der Waals surface area contributed by atoms with Crippen molar-refractivity contribution in [3.63, 3.8) is 0 Å². The summed E-state index contributed by atoms with van der Waals surface area (Å²) in [5.41, 5.74) is 0.0975. The number of benzene rings is 1. The van der Waals surface area contributed by atoms with Crippen molar-refractivity contribution in [1.29, 1.82) is 0 Å². The number of nitrogens with zero attached hydrogens (tertiary/aromatic N) is 2. The van der Waals surface area contributed by atoms with E-state index in [4.69, 9.17) is 23.2 Å². The molecule has 1 fully saturated rings. The molecule has 8 heteroatoms. The van der Waals surface area contributed by atoms with Gasteiger partial charge in [-0.2, -0.15) is 0 Å². The molecule has 2 amide bonds. The zero-order chi connectivity index (χ0) is 18.0. The van der Waals surface area contributed by atoms with E-state index in [1.807, 2.05) is 0 Å². The van der Waals surface area contributed by atoms with E-state index >= 15 is 0 Å². The second-order valence-corrected chi connectivity index (χ2v) is 6.53. The van der Waals surface area contributed by atoms with E-state index in [0.717, 1.165) is 0 Å². The summed E-state index contributed by atoms with van der Waals surface area (Å²) in [6.07, 6.45) is 1.48. The van der Waals surface area contributed by atoms with Crippen LogP contribution in [0.1, 0.15) is 20.7 Å². The zero-order valence-corrected chi connectivity index (χ0v) is 14.7. The molecular weight excluding hydrogens is 365 g/mol. The van der Waals surface area contributed by atoms with E-state index < -0.39 is 5.56 Å². The quantitative estimate of drug-likeness (QED) is 0.869. The van der Waals surface area contributed by atoms with Crippen LogP contribution in [0.5, 0.6) is 0 Å². The molecule has 130 valence electrons. The highest BCUT2D eigenvalue weighted by atomic mass is 35.5. The largest absolute Gasteiger partial charge is 0.335 e. The molecule has 2 aromatic rings. The van der Waals surface area contributed by atoms with E-state index in [0.29, 0.717) is 41.8 Å². The first-order valence-electron chi connectivity index (χ1n) is 7.68. The molecule has 0 radical (unpaired) electrons. The molecule has 3 rings (SSSR count). The van der Waals surface area contributed by atoms with Gasteiger partial charge in [0.25, 0.3) is 17.4 Å². The molecule has 1 N–H and O–H groups in total. The molecule has 1 aromatic carbocycles. The fourth-order valence-electron chi connectivity index (χ4n) is 2.73. The Morgan fingerprint density at radius 1 is 0.920 bits per heavy atom. The average molecular weight is 380 g/mol. The first-order chi connectivity index (χ1) is 12.0. The first kappa shape index (κ1) is 17.5.